The van der Waals surface area contributed by atoms with Gasteiger partial charge in [0, 0.05) is 19.9 Å². The molecule has 0 aliphatic heterocycles. The zero-order valence-corrected chi connectivity index (χ0v) is 13.2. The molecule has 1 unspecified atom stereocenters. The van der Waals surface area contributed by atoms with Gasteiger partial charge in [0.25, 0.3) is 0 Å². The van der Waals surface area contributed by atoms with Gasteiger partial charge in [-0.1, -0.05) is 36.2 Å². The van der Waals surface area contributed by atoms with Crippen LogP contribution in [0.15, 0.2) is 24.3 Å². The minimum absolute atomic E-state index is 0.000310. The fraction of sp³-hybridized carbons (Fsp3) is 0.529. The van der Waals surface area contributed by atoms with Gasteiger partial charge >= 0.3 is 0 Å². The average Bonchev–Trinajstić information content (AvgIpc) is 2.43. The normalized spacial score (nSPS) is 11.8. The monoisotopic (exact) mass is 290 g/mol. The van der Waals surface area contributed by atoms with Gasteiger partial charge in [-0.2, -0.15) is 0 Å². The second kappa shape index (κ2) is 9.16. The van der Waals surface area contributed by atoms with Gasteiger partial charge in [-0.25, -0.2) is 0 Å². The van der Waals surface area contributed by atoms with Crippen LogP contribution in [0.2, 0.25) is 0 Å². The maximum absolute atomic E-state index is 11.9. The highest BCUT2D eigenvalue weighted by Crippen LogP contribution is 2.13. The van der Waals surface area contributed by atoms with Crippen molar-refractivity contribution in [2.45, 2.75) is 52.5 Å². The van der Waals surface area contributed by atoms with Crippen molar-refractivity contribution in [2.75, 3.05) is 6.54 Å². The standard InChI is InChI=1S/C17H26N2O2/c1-13-8-10-16(11-9-13)14(2)19-17(21)7-5-4-6-12-18-15(3)20/h8-11,14H,4-7,12H2,1-3H3,(H,18,20)(H,19,21). The Labute approximate surface area is 127 Å². The van der Waals surface area contributed by atoms with Gasteiger partial charge in [-0.15, -0.1) is 0 Å². The second-order valence-corrected chi connectivity index (χ2v) is 5.49. The van der Waals surface area contributed by atoms with Crippen molar-refractivity contribution in [3.8, 4) is 0 Å². The molecule has 0 radical (unpaired) electrons. The molecule has 0 aromatic heterocycles. The van der Waals surface area contributed by atoms with Gasteiger partial charge in [0.1, 0.15) is 0 Å². The highest BCUT2D eigenvalue weighted by Gasteiger charge is 2.08. The van der Waals surface area contributed by atoms with Crippen molar-refractivity contribution in [3.05, 3.63) is 35.4 Å². The summed E-state index contributed by atoms with van der Waals surface area (Å²) in [6.07, 6.45) is 3.26. The number of carbonyl (C=O) groups excluding carboxylic acids is 2. The minimum Gasteiger partial charge on any atom is -0.356 e. The minimum atomic E-state index is -0.000310. The van der Waals surface area contributed by atoms with Crippen LogP contribution >= 0.6 is 0 Å². The van der Waals surface area contributed by atoms with Crippen LogP contribution in [0.25, 0.3) is 0 Å². The molecule has 2 N–H and O–H groups in total. The molecule has 1 aromatic rings. The first-order chi connectivity index (χ1) is 9.99. The van der Waals surface area contributed by atoms with Crippen LogP contribution in [0.4, 0.5) is 0 Å². The van der Waals surface area contributed by atoms with E-state index in [-0.39, 0.29) is 17.9 Å². The lowest BCUT2D eigenvalue weighted by Crippen LogP contribution is -2.26. The molecule has 1 atom stereocenters. The van der Waals surface area contributed by atoms with Crippen molar-refractivity contribution in [1.82, 2.24) is 10.6 Å². The van der Waals surface area contributed by atoms with E-state index in [0.717, 1.165) is 24.8 Å². The maximum Gasteiger partial charge on any atom is 0.220 e. The summed E-state index contributed by atoms with van der Waals surface area (Å²) in [5.41, 5.74) is 2.34. The van der Waals surface area contributed by atoms with Crippen molar-refractivity contribution in [2.24, 2.45) is 0 Å². The highest BCUT2D eigenvalue weighted by molar-refractivity contribution is 5.76. The molecule has 0 saturated heterocycles. The molecule has 1 aromatic carbocycles. The predicted octanol–water partition coefficient (Wildman–Crippen LogP) is 2.87. The van der Waals surface area contributed by atoms with E-state index < -0.39 is 0 Å². The van der Waals surface area contributed by atoms with Crippen LogP contribution < -0.4 is 10.6 Å². The van der Waals surface area contributed by atoms with E-state index in [2.05, 4.69) is 22.8 Å². The van der Waals surface area contributed by atoms with Crippen LogP contribution in [0.3, 0.4) is 0 Å². The van der Waals surface area contributed by atoms with E-state index in [1.807, 2.05) is 26.0 Å². The zero-order valence-electron chi connectivity index (χ0n) is 13.2. The van der Waals surface area contributed by atoms with Crippen molar-refractivity contribution in [3.63, 3.8) is 0 Å². The Kier molecular flexibility index (Phi) is 7.51. The number of aryl methyl sites for hydroxylation is 1. The lowest BCUT2D eigenvalue weighted by Gasteiger charge is -2.14. The average molecular weight is 290 g/mol. The largest absolute Gasteiger partial charge is 0.356 e. The number of nitrogens with one attached hydrogen (secondary N) is 2. The number of amides is 2. The molecule has 116 valence electrons. The van der Waals surface area contributed by atoms with Crippen LogP contribution in [0.1, 0.15) is 56.7 Å². The molecule has 0 spiro atoms. The SMILES string of the molecule is CC(=O)NCCCCCC(=O)NC(C)c1ccc(C)cc1. The first-order valence-corrected chi connectivity index (χ1v) is 7.59. The Morgan fingerprint density at radius 1 is 1.10 bits per heavy atom. The van der Waals surface area contributed by atoms with Crippen molar-refractivity contribution in [1.29, 1.82) is 0 Å². The summed E-state index contributed by atoms with van der Waals surface area (Å²) >= 11 is 0. The zero-order chi connectivity index (χ0) is 15.7. The van der Waals surface area contributed by atoms with Crippen molar-refractivity contribution >= 4 is 11.8 Å². The molecule has 1 rings (SSSR count). The van der Waals surface area contributed by atoms with E-state index in [1.54, 1.807) is 0 Å². The van der Waals surface area contributed by atoms with E-state index in [9.17, 15) is 9.59 Å². The predicted molar refractivity (Wildman–Crippen MR) is 84.9 cm³/mol. The summed E-state index contributed by atoms with van der Waals surface area (Å²) in [5.74, 6) is 0.0854. The Morgan fingerprint density at radius 2 is 1.76 bits per heavy atom. The van der Waals surface area contributed by atoms with E-state index in [4.69, 9.17) is 0 Å². The highest BCUT2D eigenvalue weighted by atomic mass is 16.2. The fourth-order valence-corrected chi connectivity index (χ4v) is 2.10. The van der Waals surface area contributed by atoms with Crippen LogP contribution in [0, 0.1) is 6.92 Å². The molecule has 0 aliphatic carbocycles. The Balaban J connectivity index is 2.18. The topological polar surface area (TPSA) is 58.2 Å². The van der Waals surface area contributed by atoms with Gasteiger partial charge in [0.15, 0.2) is 0 Å². The van der Waals surface area contributed by atoms with Gasteiger partial charge in [0.2, 0.25) is 11.8 Å². The van der Waals surface area contributed by atoms with Gasteiger partial charge in [-0.05, 0) is 32.3 Å². The van der Waals surface area contributed by atoms with Crippen LogP contribution in [-0.2, 0) is 9.59 Å². The van der Waals surface area contributed by atoms with E-state index in [1.165, 1.54) is 12.5 Å². The fourth-order valence-electron chi connectivity index (χ4n) is 2.10. The summed E-state index contributed by atoms with van der Waals surface area (Å²) in [6.45, 7) is 6.25. The molecule has 4 heteroatoms. The Hall–Kier alpha value is -1.84. The van der Waals surface area contributed by atoms with E-state index >= 15 is 0 Å². The smallest absolute Gasteiger partial charge is 0.220 e. The molecule has 21 heavy (non-hydrogen) atoms. The first-order valence-electron chi connectivity index (χ1n) is 7.59. The lowest BCUT2D eigenvalue weighted by atomic mass is 10.1. The third-order valence-corrected chi connectivity index (χ3v) is 3.41. The van der Waals surface area contributed by atoms with Crippen LogP contribution in [-0.4, -0.2) is 18.4 Å². The molecular weight excluding hydrogens is 264 g/mol. The quantitative estimate of drug-likeness (QED) is 0.723. The Morgan fingerprint density at radius 3 is 2.38 bits per heavy atom. The molecule has 2 amide bonds. The third kappa shape index (κ3) is 7.49. The molecule has 0 saturated carbocycles. The van der Waals surface area contributed by atoms with Gasteiger partial charge in [0.05, 0.1) is 6.04 Å². The molecule has 0 bridgehead atoms. The van der Waals surface area contributed by atoms with E-state index in [0.29, 0.717) is 13.0 Å². The number of carbonyl (C=O) groups is 2. The Bertz CT molecular complexity index is 454. The lowest BCUT2D eigenvalue weighted by molar-refractivity contribution is -0.122. The maximum atomic E-state index is 11.9. The van der Waals surface area contributed by atoms with Crippen LogP contribution in [0.5, 0.6) is 0 Å². The molecule has 0 fully saturated rings. The summed E-state index contributed by atoms with van der Waals surface area (Å²) in [7, 11) is 0. The molecule has 0 aliphatic rings. The molecule has 0 heterocycles. The summed E-state index contributed by atoms with van der Waals surface area (Å²) < 4.78 is 0. The number of rotatable bonds is 8. The molecular formula is C17H26N2O2. The van der Waals surface area contributed by atoms with Gasteiger partial charge < -0.3 is 10.6 Å². The number of hydrogen-bond acceptors (Lipinski definition) is 2. The first kappa shape index (κ1) is 17.2. The summed E-state index contributed by atoms with van der Waals surface area (Å²) in [5, 5.41) is 5.77. The summed E-state index contributed by atoms with van der Waals surface area (Å²) in [4.78, 5) is 22.5. The number of benzene rings is 1. The molecule has 4 nitrogen and oxygen atoms in total. The third-order valence-electron chi connectivity index (χ3n) is 3.41. The number of hydrogen-bond donors (Lipinski definition) is 2. The van der Waals surface area contributed by atoms with Gasteiger partial charge in [-0.3, -0.25) is 9.59 Å². The number of unbranched alkanes of at least 4 members (excludes halogenated alkanes) is 2. The van der Waals surface area contributed by atoms with Crippen molar-refractivity contribution < 1.29 is 9.59 Å². The summed E-state index contributed by atoms with van der Waals surface area (Å²) in [6, 6.07) is 8.25. The second-order valence-electron chi connectivity index (χ2n) is 5.49.